The first-order chi connectivity index (χ1) is 9.06. The highest BCUT2D eigenvalue weighted by Crippen LogP contribution is 2.22. The maximum absolute atomic E-state index is 11.6. The number of Topliss-reactive ketones (excluding diaryl/α,β-unsaturated/α-hetero) is 1. The summed E-state index contributed by atoms with van der Waals surface area (Å²) in [7, 11) is 0. The Labute approximate surface area is 111 Å². The van der Waals surface area contributed by atoms with E-state index in [0.717, 1.165) is 24.2 Å². The van der Waals surface area contributed by atoms with Crippen molar-refractivity contribution in [2.75, 3.05) is 18.0 Å². The van der Waals surface area contributed by atoms with Gasteiger partial charge >= 0.3 is 5.63 Å². The van der Waals surface area contributed by atoms with E-state index in [1.807, 2.05) is 12.1 Å². The number of carbonyl (C=O) groups excluding carboxylic acids is 1. The van der Waals surface area contributed by atoms with Gasteiger partial charge in [0.2, 0.25) is 0 Å². The highest BCUT2D eigenvalue weighted by molar-refractivity contribution is 5.96. The number of carbonyl (C=O) groups is 1. The van der Waals surface area contributed by atoms with E-state index in [1.165, 1.54) is 6.92 Å². The Morgan fingerprint density at radius 2 is 1.89 bits per heavy atom. The number of rotatable bonds is 4. The van der Waals surface area contributed by atoms with Crippen molar-refractivity contribution < 1.29 is 9.21 Å². The molecule has 0 aliphatic rings. The highest BCUT2D eigenvalue weighted by atomic mass is 16.4. The second kappa shape index (κ2) is 5.26. The first kappa shape index (κ1) is 13.3. The molecule has 4 heteroatoms. The van der Waals surface area contributed by atoms with E-state index in [4.69, 9.17) is 4.42 Å². The normalized spacial score (nSPS) is 10.7. The zero-order valence-corrected chi connectivity index (χ0v) is 11.4. The lowest BCUT2D eigenvalue weighted by molar-refractivity contribution is 0.101. The maximum atomic E-state index is 11.6. The molecule has 0 N–H and O–H groups in total. The summed E-state index contributed by atoms with van der Waals surface area (Å²) in [6.45, 7) is 7.34. The fourth-order valence-electron chi connectivity index (χ4n) is 2.14. The van der Waals surface area contributed by atoms with Crippen molar-refractivity contribution in [3.63, 3.8) is 0 Å². The Balaban J connectivity index is 2.61. The van der Waals surface area contributed by atoms with E-state index >= 15 is 0 Å². The van der Waals surface area contributed by atoms with Crippen molar-refractivity contribution in [3.05, 3.63) is 40.2 Å². The van der Waals surface area contributed by atoms with Crippen molar-refractivity contribution in [1.29, 1.82) is 0 Å². The average molecular weight is 259 g/mol. The fourth-order valence-corrected chi connectivity index (χ4v) is 2.14. The van der Waals surface area contributed by atoms with Crippen LogP contribution in [0, 0.1) is 0 Å². The van der Waals surface area contributed by atoms with Crippen LogP contribution < -0.4 is 10.5 Å². The number of anilines is 1. The summed E-state index contributed by atoms with van der Waals surface area (Å²) in [6.07, 6.45) is 0. The molecule has 1 aromatic heterocycles. The summed E-state index contributed by atoms with van der Waals surface area (Å²) in [5.41, 5.74) is 1.09. The molecule has 0 amide bonds. The van der Waals surface area contributed by atoms with Gasteiger partial charge in [0.25, 0.3) is 0 Å². The van der Waals surface area contributed by atoms with Crippen molar-refractivity contribution in [2.24, 2.45) is 0 Å². The summed E-state index contributed by atoms with van der Waals surface area (Å²) in [5, 5.41) is 0.772. The van der Waals surface area contributed by atoms with Crippen LogP contribution in [0.4, 0.5) is 5.69 Å². The maximum Gasteiger partial charge on any atom is 0.347 e. The molecule has 0 radical (unpaired) electrons. The molecular formula is C15H17NO3. The molecule has 100 valence electrons. The van der Waals surface area contributed by atoms with Gasteiger partial charge < -0.3 is 9.32 Å². The van der Waals surface area contributed by atoms with Crippen LogP contribution in [0.15, 0.2) is 33.5 Å². The summed E-state index contributed by atoms with van der Waals surface area (Å²) < 4.78 is 5.16. The van der Waals surface area contributed by atoms with Crippen molar-refractivity contribution in [3.8, 4) is 0 Å². The SMILES string of the molecule is CCN(CC)c1ccc2oc(=O)c(C(C)=O)cc2c1. The molecule has 0 spiro atoms. The molecule has 2 rings (SSSR count). The van der Waals surface area contributed by atoms with Crippen molar-refractivity contribution >= 4 is 22.4 Å². The van der Waals surface area contributed by atoms with Crippen LogP contribution in [0.2, 0.25) is 0 Å². The second-order valence-electron chi connectivity index (χ2n) is 4.40. The summed E-state index contributed by atoms with van der Waals surface area (Å²) in [5.74, 6) is -0.274. The lowest BCUT2D eigenvalue weighted by atomic mass is 10.1. The number of benzene rings is 1. The zero-order chi connectivity index (χ0) is 14.0. The minimum atomic E-state index is -0.574. The molecule has 0 saturated carbocycles. The summed E-state index contributed by atoms with van der Waals surface area (Å²) in [6, 6.07) is 7.24. The van der Waals surface area contributed by atoms with Crippen LogP contribution in [0.1, 0.15) is 31.1 Å². The summed E-state index contributed by atoms with van der Waals surface area (Å²) >= 11 is 0. The van der Waals surface area contributed by atoms with Gasteiger partial charge in [0.05, 0.1) is 0 Å². The standard InChI is InChI=1S/C15H17NO3/c1-4-16(5-2)12-6-7-14-11(8-12)9-13(10(3)17)15(18)19-14/h6-9H,4-5H2,1-3H3. The smallest absolute Gasteiger partial charge is 0.347 e. The molecule has 0 aliphatic carbocycles. The topological polar surface area (TPSA) is 50.5 Å². The minimum absolute atomic E-state index is 0.101. The van der Waals surface area contributed by atoms with Crippen LogP contribution in [0.3, 0.4) is 0 Å². The van der Waals surface area contributed by atoms with Crippen LogP contribution in [-0.4, -0.2) is 18.9 Å². The molecular weight excluding hydrogens is 242 g/mol. The van der Waals surface area contributed by atoms with Crippen molar-refractivity contribution in [1.82, 2.24) is 0 Å². The van der Waals surface area contributed by atoms with Gasteiger partial charge in [-0.2, -0.15) is 0 Å². The third kappa shape index (κ3) is 2.52. The molecule has 0 aliphatic heterocycles. The zero-order valence-electron chi connectivity index (χ0n) is 11.4. The van der Waals surface area contributed by atoms with E-state index in [9.17, 15) is 9.59 Å². The van der Waals surface area contributed by atoms with Gasteiger partial charge in [-0.1, -0.05) is 0 Å². The van der Waals surface area contributed by atoms with Crippen LogP contribution in [0.5, 0.6) is 0 Å². The highest BCUT2D eigenvalue weighted by Gasteiger charge is 2.10. The van der Waals surface area contributed by atoms with Gasteiger partial charge in [0.1, 0.15) is 11.1 Å². The van der Waals surface area contributed by atoms with Crippen LogP contribution in [0.25, 0.3) is 11.0 Å². The molecule has 1 aromatic carbocycles. The number of nitrogens with zero attached hydrogens (tertiary/aromatic N) is 1. The lowest BCUT2D eigenvalue weighted by Gasteiger charge is -2.21. The van der Waals surface area contributed by atoms with E-state index in [1.54, 1.807) is 12.1 Å². The first-order valence-corrected chi connectivity index (χ1v) is 6.40. The molecule has 0 unspecified atom stereocenters. The monoisotopic (exact) mass is 259 g/mol. The van der Waals surface area contributed by atoms with Crippen LogP contribution >= 0.6 is 0 Å². The number of fused-ring (bicyclic) bond motifs is 1. The van der Waals surface area contributed by atoms with Gasteiger partial charge in [-0.25, -0.2) is 4.79 Å². The molecule has 0 saturated heterocycles. The van der Waals surface area contributed by atoms with E-state index in [0.29, 0.717) is 5.58 Å². The molecule has 2 aromatic rings. The third-order valence-electron chi connectivity index (χ3n) is 3.22. The third-order valence-corrected chi connectivity index (χ3v) is 3.22. The Morgan fingerprint density at radius 3 is 2.47 bits per heavy atom. The molecule has 19 heavy (non-hydrogen) atoms. The molecule has 0 bridgehead atoms. The Morgan fingerprint density at radius 1 is 1.21 bits per heavy atom. The Bertz CT molecular complexity index is 669. The van der Waals surface area contributed by atoms with E-state index in [-0.39, 0.29) is 11.3 Å². The lowest BCUT2D eigenvalue weighted by Crippen LogP contribution is -2.21. The van der Waals surface area contributed by atoms with Gasteiger partial charge in [-0.15, -0.1) is 0 Å². The predicted molar refractivity (Wildman–Crippen MR) is 76.0 cm³/mol. The van der Waals surface area contributed by atoms with E-state index < -0.39 is 5.63 Å². The second-order valence-corrected chi connectivity index (χ2v) is 4.40. The summed E-state index contributed by atoms with van der Waals surface area (Å²) in [4.78, 5) is 25.2. The molecule has 0 fully saturated rings. The van der Waals surface area contributed by atoms with Gasteiger partial charge in [0.15, 0.2) is 5.78 Å². The Kier molecular flexibility index (Phi) is 3.69. The number of hydrogen-bond donors (Lipinski definition) is 0. The number of hydrogen-bond acceptors (Lipinski definition) is 4. The molecule has 0 atom stereocenters. The van der Waals surface area contributed by atoms with E-state index in [2.05, 4.69) is 18.7 Å². The van der Waals surface area contributed by atoms with Crippen LogP contribution in [-0.2, 0) is 0 Å². The average Bonchev–Trinajstić information content (AvgIpc) is 2.39. The van der Waals surface area contributed by atoms with Crippen molar-refractivity contribution in [2.45, 2.75) is 20.8 Å². The fraction of sp³-hybridized carbons (Fsp3) is 0.333. The molecule has 4 nitrogen and oxygen atoms in total. The number of ketones is 1. The Hall–Kier alpha value is -2.10. The van der Waals surface area contributed by atoms with Gasteiger partial charge in [0, 0.05) is 24.2 Å². The predicted octanol–water partition coefficient (Wildman–Crippen LogP) is 2.84. The van der Waals surface area contributed by atoms with Gasteiger partial charge in [-0.3, -0.25) is 4.79 Å². The largest absolute Gasteiger partial charge is 0.422 e. The van der Waals surface area contributed by atoms with Gasteiger partial charge in [-0.05, 0) is 45.0 Å². The first-order valence-electron chi connectivity index (χ1n) is 6.40. The molecule has 1 heterocycles. The minimum Gasteiger partial charge on any atom is -0.422 e. The quantitative estimate of drug-likeness (QED) is 0.626.